The first-order valence-electron chi connectivity index (χ1n) is 5.60. The first-order chi connectivity index (χ1) is 8.32. The lowest BCUT2D eigenvalue weighted by atomic mass is 10.2. The van der Waals surface area contributed by atoms with Gasteiger partial charge in [-0.15, -0.1) is 0 Å². The van der Waals surface area contributed by atoms with Crippen molar-refractivity contribution < 1.29 is 24.2 Å². The standard InChI is InChI=1S/C11H19NO5S/c1-7(2)17-10(14)6-18-5-4-9(11(15)16)12-8(3)13/h7,9H,4-6H2,1-3H3,(H,12,13)(H,15,16). The van der Waals surface area contributed by atoms with Crippen molar-refractivity contribution in [2.75, 3.05) is 11.5 Å². The molecule has 0 aromatic carbocycles. The number of amides is 1. The molecule has 0 fully saturated rings. The summed E-state index contributed by atoms with van der Waals surface area (Å²) in [5.41, 5.74) is 0. The number of carboxylic acids is 1. The number of ether oxygens (including phenoxy) is 1. The Morgan fingerprint density at radius 1 is 1.33 bits per heavy atom. The molecule has 0 aromatic rings. The van der Waals surface area contributed by atoms with Gasteiger partial charge in [-0.05, 0) is 26.0 Å². The van der Waals surface area contributed by atoms with Crippen LogP contribution in [0.3, 0.4) is 0 Å². The van der Waals surface area contributed by atoms with Gasteiger partial charge in [0.05, 0.1) is 11.9 Å². The van der Waals surface area contributed by atoms with E-state index in [4.69, 9.17) is 9.84 Å². The molecule has 0 saturated carbocycles. The quantitative estimate of drug-likeness (QED) is 0.500. The van der Waals surface area contributed by atoms with E-state index in [1.54, 1.807) is 13.8 Å². The number of carbonyl (C=O) groups excluding carboxylic acids is 2. The van der Waals surface area contributed by atoms with E-state index in [2.05, 4.69) is 5.32 Å². The topological polar surface area (TPSA) is 92.7 Å². The molecule has 104 valence electrons. The number of nitrogens with one attached hydrogen (secondary N) is 1. The third-order valence-electron chi connectivity index (χ3n) is 1.81. The van der Waals surface area contributed by atoms with Crippen LogP contribution in [0.25, 0.3) is 0 Å². The van der Waals surface area contributed by atoms with Crippen molar-refractivity contribution in [2.24, 2.45) is 0 Å². The molecular weight excluding hydrogens is 258 g/mol. The summed E-state index contributed by atoms with van der Waals surface area (Å²) in [6, 6.07) is -0.906. The SMILES string of the molecule is CC(=O)NC(CCSCC(=O)OC(C)C)C(=O)O. The van der Waals surface area contributed by atoms with Gasteiger partial charge in [0, 0.05) is 6.92 Å². The van der Waals surface area contributed by atoms with Crippen LogP contribution in [0.1, 0.15) is 27.2 Å². The fourth-order valence-corrected chi connectivity index (χ4v) is 1.94. The maximum atomic E-state index is 11.2. The van der Waals surface area contributed by atoms with Crippen LogP contribution in [0, 0.1) is 0 Å². The van der Waals surface area contributed by atoms with Crippen LogP contribution in [0.2, 0.25) is 0 Å². The van der Waals surface area contributed by atoms with E-state index in [1.165, 1.54) is 18.7 Å². The second-order valence-electron chi connectivity index (χ2n) is 3.97. The van der Waals surface area contributed by atoms with E-state index < -0.39 is 12.0 Å². The third-order valence-corrected chi connectivity index (χ3v) is 2.78. The molecule has 0 rings (SSSR count). The van der Waals surface area contributed by atoms with Crippen LogP contribution in [0.4, 0.5) is 0 Å². The van der Waals surface area contributed by atoms with Crippen LogP contribution in [-0.4, -0.2) is 46.6 Å². The smallest absolute Gasteiger partial charge is 0.326 e. The van der Waals surface area contributed by atoms with E-state index in [9.17, 15) is 14.4 Å². The highest BCUT2D eigenvalue weighted by Crippen LogP contribution is 2.07. The minimum atomic E-state index is -1.07. The van der Waals surface area contributed by atoms with Crippen molar-refractivity contribution in [1.29, 1.82) is 0 Å². The monoisotopic (exact) mass is 277 g/mol. The Labute approximate surface area is 110 Å². The average Bonchev–Trinajstić information content (AvgIpc) is 2.20. The Morgan fingerprint density at radius 2 is 1.94 bits per heavy atom. The maximum Gasteiger partial charge on any atom is 0.326 e. The predicted molar refractivity (Wildman–Crippen MR) is 68.4 cm³/mol. The Bertz CT molecular complexity index is 306. The molecule has 1 unspecified atom stereocenters. The van der Waals surface area contributed by atoms with Crippen LogP contribution in [0.15, 0.2) is 0 Å². The predicted octanol–water partition coefficient (Wildman–Crippen LogP) is 0.651. The summed E-state index contributed by atoms with van der Waals surface area (Å²) in [5, 5.41) is 11.2. The van der Waals surface area contributed by atoms with E-state index >= 15 is 0 Å². The van der Waals surface area contributed by atoms with Gasteiger partial charge in [-0.1, -0.05) is 0 Å². The molecule has 6 nitrogen and oxygen atoms in total. The van der Waals surface area contributed by atoms with Crippen molar-refractivity contribution in [2.45, 2.75) is 39.3 Å². The molecule has 0 aliphatic heterocycles. The first-order valence-corrected chi connectivity index (χ1v) is 6.75. The molecule has 18 heavy (non-hydrogen) atoms. The molecule has 0 saturated heterocycles. The highest BCUT2D eigenvalue weighted by Gasteiger charge is 2.18. The summed E-state index contributed by atoms with van der Waals surface area (Å²) in [5.74, 6) is -1.13. The van der Waals surface area contributed by atoms with Gasteiger partial charge < -0.3 is 15.2 Å². The van der Waals surface area contributed by atoms with Gasteiger partial charge in [0.15, 0.2) is 0 Å². The highest BCUT2D eigenvalue weighted by molar-refractivity contribution is 7.99. The number of hydrogen-bond acceptors (Lipinski definition) is 5. The number of carboxylic acid groups (broad SMARTS) is 1. The minimum absolute atomic E-state index is 0.149. The largest absolute Gasteiger partial charge is 0.480 e. The van der Waals surface area contributed by atoms with Crippen molar-refractivity contribution >= 4 is 29.6 Å². The molecule has 0 aromatic heterocycles. The Hall–Kier alpha value is -1.24. The highest BCUT2D eigenvalue weighted by atomic mass is 32.2. The number of rotatable bonds is 8. The summed E-state index contributed by atoms with van der Waals surface area (Å²) < 4.78 is 4.92. The zero-order chi connectivity index (χ0) is 14.1. The van der Waals surface area contributed by atoms with Gasteiger partial charge in [0.1, 0.15) is 6.04 Å². The summed E-state index contributed by atoms with van der Waals surface area (Å²) >= 11 is 1.29. The van der Waals surface area contributed by atoms with Crippen LogP contribution in [0.5, 0.6) is 0 Å². The Balaban J connectivity index is 3.83. The van der Waals surface area contributed by atoms with Crippen molar-refractivity contribution in [3.8, 4) is 0 Å². The van der Waals surface area contributed by atoms with E-state index in [1.807, 2.05) is 0 Å². The molecule has 1 atom stereocenters. The van der Waals surface area contributed by atoms with Crippen LogP contribution in [-0.2, 0) is 19.1 Å². The first kappa shape index (κ1) is 16.8. The fraction of sp³-hybridized carbons (Fsp3) is 0.727. The lowest BCUT2D eigenvalue weighted by molar-refractivity contribution is -0.144. The van der Waals surface area contributed by atoms with Gasteiger partial charge in [0.2, 0.25) is 5.91 Å². The summed E-state index contributed by atoms with van der Waals surface area (Å²) in [6.45, 7) is 4.79. The zero-order valence-corrected chi connectivity index (χ0v) is 11.6. The lowest BCUT2D eigenvalue weighted by Gasteiger charge is -2.12. The molecule has 7 heteroatoms. The van der Waals surface area contributed by atoms with Crippen molar-refractivity contribution in [1.82, 2.24) is 5.32 Å². The molecule has 0 heterocycles. The van der Waals surface area contributed by atoms with E-state index in [0.717, 1.165) is 0 Å². The number of carbonyl (C=O) groups is 3. The van der Waals surface area contributed by atoms with Gasteiger partial charge >= 0.3 is 11.9 Å². The van der Waals surface area contributed by atoms with Crippen molar-refractivity contribution in [3.63, 3.8) is 0 Å². The minimum Gasteiger partial charge on any atom is -0.480 e. The summed E-state index contributed by atoms with van der Waals surface area (Å²) in [4.78, 5) is 32.7. The van der Waals surface area contributed by atoms with Gasteiger partial charge in [-0.25, -0.2) is 4.79 Å². The van der Waals surface area contributed by atoms with Gasteiger partial charge in [-0.2, -0.15) is 11.8 Å². The molecule has 2 N–H and O–H groups in total. The van der Waals surface area contributed by atoms with E-state index in [-0.39, 0.29) is 30.2 Å². The third kappa shape index (κ3) is 8.86. The Kier molecular flexibility index (Phi) is 8.19. The number of aliphatic carboxylic acids is 1. The second kappa shape index (κ2) is 8.79. The average molecular weight is 277 g/mol. The van der Waals surface area contributed by atoms with E-state index in [0.29, 0.717) is 5.75 Å². The zero-order valence-electron chi connectivity index (χ0n) is 10.8. The van der Waals surface area contributed by atoms with Crippen LogP contribution < -0.4 is 5.32 Å². The summed E-state index contributed by atoms with van der Waals surface area (Å²) in [7, 11) is 0. The maximum absolute atomic E-state index is 11.2. The number of esters is 1. The normalized spacial score (nSPS) is 12.0. The van der Waals surface area contributed by atoms with Crippen LogP contribution >= 0.6 is 11.8 Å². The molecule has 0 radical (unpaired) electrons. The molecule has 0 spiro atoms. The molecule has 0 aliphatic rings. The fourth-order valence-electron chi connectivity index (χ4n) is 1.16. The number of thioether (sulfide) groups is 1. The lowest BCUT2D eigenvalue weighted by Crippen LogP contribution is -2.39. The van der Waals surface area contributed by atoms with Crippen molar-refractivity contribution in [3.05, 3.63) is 0 Å². The second-order valence-corrected chi connectivity index (χ2v) is 5.08. The van der Waals surface area contributed by atoms with Gasteiger partial charge in [-0.3, -0.25) is 9.59 Å². The number of hydrogen-bond donors (Lipinski definition) is 2. The molecular formula is C11H19NO5S. The molecule has 0 bridgehead atoms. The molecule has 1 amide bonds. The Morgan fingerprint density at radius 3 is 2.39 bits per heavy atom. The molecule has 0 aliphatic carbocycles. The summed E-state index contributed by atoms with van der Waals surface area (Å²) in [6.07, 6.45) is 0.124. The van der Waals surface area contributed by atoms with Gasteiger partial charge in [0.25, 0.3) is 0 Å².